The molecule has 0 saturated carbocycles. The maximum absolute atomic E-state index is 13.5. The number of amides is 2. The van der Waals surface area contributed by atoms with E-state index in [-0.39, 0.29) is 23.5 Å². The normalized spacial score (nSPS) is 10.9. The van der Waals surface area contributed by atoms with Crippen molar-refractivity contribution in [1.82, 2.24) is 29.5 Å². The minimum atomic E-state index is -0.765. The number of carbonyl (C=O) groups excluding carboxylic acids is 2. The highest BCUT2D eigenvalue weighted by Crippen LogP contribution is 2.12. The van der Waals surface area contributed by atoms with Crippen LogP contribution in [0.25, 0.3) is 11.2 Å². The van der Waals surface area contributed by atoms with Crippen molar-refractivity contribution in [3.63, 3.8) is 0 Å². The summed E-state index contributed by atoms with van der Waals surface area (Å²) in [4.78, 5) is 56.0. The largest absolute Gasteiger partial charge is 0.459 e. The molecule has 0 radical (unpaired) electrons. The number of furan rings is 1. The van der Waals surface area contributed by atoms with Gasteiger partial charge in [-0.1, -0.05) is 60.7 Å². The van der Waals surface area contributed by atoms with Crippen molar-refractivity contribution < 1.29 is 14.0 Å². The van der Waals surface area contributed by atoms with E-state index in [1.54, 1.807) is 4.57 Å². The molecule has 0 aliphatic heterocycles. The topological polar surface area (TPSA) is 133 Å². The van der Waals surface area contributed by atoms with Crippen LogP contribution in [-0.2, 0) is 24.4 Å². The third kappa shape index (κ3) is 4.96. The van der Waals surface area contributed by atoms with Crippen LogP contribution in [0.1, 0.15) is 21.7 Å². The molecule has 0 saturated heterocycles. The SMILES string of the molecule is O=C(Cn1c(=O)c2c(ncn2Cc2ccccc2)n(Cc2ccccc2)c1=O)NNC(=O)c1ccco1. The van der Waals surface area contributed by atoms with Gasteiger partial charge in [-0.15, -0.1) is 0 Å². The number of hydrogen-bond acceptors (Lipinski definition) is 6. The van der Waals surface area contributed by atoms with E-state index in [2.05, 4.69) is 15.8 Å². The second-order valence-electron chi connectivity index (χ2n) is 8.26. The Morgan fingerprint density at radius 3 is 2.14 bits per heavy atom. The molecule has 2 N–H and O–H groups in total. The summed E-state index contributed by atoms with van der Waals surface area (Å²) in [7, 11) is 0. The predicted octanol–water partition coefficient (Wildman–Crippen LogP) is 1.51. The molecular weight excluding hydrogens is 476 g/mol. The lowest BCUT2D eigenvalue weighted by Crippen LogP contribution is -2.48. The van der Waals surface area contributed by atoms with Gasteiger partial charge in [-0.25, -0.2) is 14.3 Å². The van der Waals surface area contributed by atoms with Crippen LogP contribution in [0.15, 0.2) is 99.4 Å². The number of aromatic nitrogens is 4. The predicted molar refractivity (Wildman–Crippen MR) is 134 cm³/mol. The Morgan fingerprint density at radius 1 is 0.811 bits per heavy atom. The first-order valence-corrected chi connectivity index (χ1v) is 11.4. The summed E-state index contributed by atoms with van der Waals surface area (Å²) in [6, 6.07) is 21.7. The average Bonchev–Trinajstić information content (AvgIpc) is 3.60. The Balaban J connectivity index is 1.52. The number of hydrogen-bond donors (Lipinski definition) is 2. The van der Waals surface area contributed by atoms with Crippen molar-refractivity contribution in [2.24, 2.45) is 0 Å². The molecule has 5 aromatic rings. The molecule has 0 unspecified atom stereocenters. The first kappa shape index (κ1) is 23.5. The Kier molecular flexibility index (Phi) is 6.49. The molecule has 0 fully saturated rings. The fraction of sp³-hybridized carbons (Fsp3) is 0.115. The van der Waals surface area contributed by atoms with Crippen LogP contribution in [0, 0.1) is 0 Å². The highest BCUT2D eigenvalue weighted by Gasteiger charge is 2.20. The molecule has 5 rings (SSSR count). The number of nitrogens with one attached hydrogen (secondary N) is 2. The Bertz CT molecular complexity index is 1670. The smallest absolute Gasteiger partial charge is 0.333 e. The summed E-state index contributed by atoms with van der Waals surface area (Å²) in [5.41, 5.74) is 5.22. The second-order valence-corrected chi connectivity index (χ2v) is 8.26. The van der Waals surface area contributed by atoms with Gasteiger partial charge in [0.05, 0.1) is 19.1 Å². The molecule has 0 spiro atoms. The minimum absolute atomic E-state index is 0.00563. The van der Waals surface area contributed by atoms with Gasteiger partial charge in [0.2, 0.25) is 0 Å². The van der Waals surface area contributed by atoms with E-state index >= 15 is 0 Å². The molecule has 0 aliphatic rings. The Morgan fingerprint density at radius 2 is 1.49 bits per heavy atom. The van der Waals surface area contributed by atoms with Crippen molar-refractivity contribution in [2.45, 2.75) is 19.6 Å². The van der Waals surface area contributed by atoms with Crippen molar-refractivity contribution in [3.8, 4) is 0 Å². The zero-order valence-electron chi connectivity index (χ0n) is 19.5. The molecule has 0 atom stereocenters. The van der Waals surface area contributed by atoms with Crippen molar-refractivity contribution in [1.29, 1.82) is 0 Å². The first-order chi connectivity index (χ1) is 18.0. The molecule has 186 valence electrons. The van der Waals surface area contributed by atoms with Gasteiger partial charge in [0.15, 0.2) is 16.9 Å². The maximum atomic E-state index is 13.5. The molecule has 0 bridgehead atoms. The van der Waals surface area contributed by atoms with Crippen LogP contribution in [0.2, 0.25) is 0 Å². The van der Waals surface area contributed by atoms with Crippen LogP contribution in [0.4, 0.5) is 0 Å². The third-order valence-electron chi connectivity index (χ3n) is 5.73. The summed E-state index contributed by atoms with van der Waals surface area (Å²) in [5, 5.41) is 0. The quantitative estimate of drug-likeness (QED) is 0.327. The van der Waals surface area contributed by atoms with Crippen molar-refractivity contribution >= 4 is 23.0 Å². The summed E-state index contributed by atoms with van der Waals surface area (Å²) < 4.78 is 8.83. The molecule has 2 amide bonds. The summed E-state index contributed by atoms with van der Waals surface area (Å²) in [6.07, 6.45) is 2.83. The van der Waals surface area contributed by atoms with Gasteiger partial charge < -0.3 is 8.98 Å². The number of rotatable bonds is 7. The van der Waals surface area contributed by atoms with Crippen molar-refractivity contribution in [3.05, 3.63) is 123 Å². The van der Waals surface area contributed by atoms with Gasteiger partial charge >= 0.3 is 11.6 Å². The molecular formula is C26H22N6O5. The summed E-state index contributed by atoms with van der Waals surface area (Å²) >= 11 is 0. The van der Waals surface area contributed by atoms with E-state index < -0.39 is 29.6 Å². The molecule has 2 aromatic carbocycles. The zero-order valence-corrected chi connectivity index (χ0v) is 19.5. The standard InChI is InChI=1S/C26H22N6O5/c33-21(28-29-24(34)20-12-7-13-37-20)16-32-25(35)22-23(27-17-30(22)14-18-8-3-1-4-9-18)31(26(32)36)15-19-10-5-2-6-11-19/h1-13,17H,14-16H2,(H,28,33)(H,29,34). The van der Waals surface area contributed by atoms with Gasteiger partial charge in [-0.05, 0) is 23.3 Å². The van der Waals surface area contributed by atoms with Gasteiger partial charge in [-0.3, -0.25) is 29.8 Å². The number of nitrogens with zero attached hydrogens (tertiary/aromatic N) is 4. The van der Waals surface area contributed by atoms with Crippen LogP contribution < -0.4 is 22.1 Å². The second kappa shape index (κ2) is 10.2. The monoisotopic (exact) mass is 498 g/mol. The minimum Gasteiger partial charge on any atom is -0.459 e. The van der Waals surface area contributed by atoms with Crippen molar-refractivity contribution in [2.75, 3.05) is 0 Å². The van der Waals surface area contributed by atoms with Gasteiger partial charge in [0.25, 0.3) is 11.5 Å². The molecule has 0 aliphatic carbocycles. The third-order valence-corrected chi connectivity index (χ3v) is 5.73. The molecule has 3 aromatic heterocycles. The Labute approximate surface area is 209 Å². The number of imidazole rings is 1. The molecule has 11 nitrogen and oxygen atoms in total. The van der Waals surface area contributed by atoms with Gasteiger partial charge in [0.1, 0.15) is 6.54 Å². The van der Waals surface area contributed by atoms with E-state index in [9.17, 15) is 19.2 Å². The van der Waals surface area contributed by atoms with E-state index in [4.69, 9.17) is 4.42 Å². The maximum Gasteiger partial charge on any atom is 0.333 e. The fourth-order valence-electron chi connectivity index (χ4n) is 3.97. The highest BCUT2D eigenvalue weighted by molar-refractivity contribution is 5.92. The first-order valence-electron chi connectivity index (χ1n) is 11.4. The molecule has 3 heterocycles. The number of fused-ring (bicyclic) bond motifs is 1. The van der Waals surface area contributed by atoms with E-state index in [0.717, 1.165) is 15.7 Å². The van der Waals surface area contributed by atoms with Crippen LogP contribution in [0.5, 0.6) is 0 Å². The Hall–Kier alpha value is -5.19. The average molecular weight is 498 g/mol. The number of benzene rings is 2. The summed E-state index contributed by atoms with van der Waals surface area (Å²) in [6.45, 7) is -0.117. The lowest BCUT2D eigenvalue weighted by Gasteiger charge is -2.13. The number of hydrazine groups is 1. The molecule has 11 heteroatoms. The number of carbonyl (C=O) groups is 2. The lowest BCUT2D eigenvalue weighted by molar-refractivity contribution is -0.122. The molecule has 37 heavy (non-hydrogen) atoms. The van der Waals surface area contributed by atoms with Crippen LogP contribution in [0.3, 0.4) is 0 Å². The summed E-state index contributed by atoms with van der Waals surface area (Å²) in [5.74, 6) is -1.45. The van der Waals surface area contributed by atoms with Crippen LogP contribution >= 0.6 is 0 Å². The lowest BCUT2D eigenvalue weighted by atomic mass is 10.2. The highest BCUT2D eigenvalue weighted by atomic mass is 16.3. The zero-order chi connectivity index (χ0) is 25.8. The van der Waals surface area contributed by atoms with Gasteiger partial charge in [0, 0.05) is 6.54 Å². The van der Waals surface area contributed by atoms with E-state index in [0.29, 0.717) is 6.54 Å². The van der Waals surface area contributed by atoms with Gasteiger partial charge in [-0.2, -0.15) is 0 Å². The fourth-order valence-corrected chi connectivity index (χ4v) is 3.97. The van der Waals surface area contributed by atoms with E-state index in [1.807, 2.05) is 60.7 Å². The van der Waals surface area contributed by atoms with Crippen LogP contribution in [-0.4, -0.2) is 30.5 Å². The van der Waals surface area contributed by atoms with E-state index in [1.165, 1.54) is 29.3 Å².